The Morgan fingerprint density at radius 2 is 2.00 bits per heavy atom. The van der Waals surface area contributed by atoms with E-state index in [-0.39, 0.29) is 23.2 Å². The molecular weight excluding hydrogens is 261 g/mol. The summed E-state index contributed by atoms with van der Waals surface area (Å²) in [5.74, 6) is -0.183. The average molecular weight is 275 g/mol. The van der Waals surface area contributed by atoms with Crippen molar-refractivity contribution < 1.29 is 15.1 Å². The summed E-state index contributed by atoms with van der Waals surface area (Å²) in [6.07, 6.45) is 0. The lowest BCUT2D eigenvalue weighted by Gasteiger charge is -2.12. The van der Waals surface area contributed by atoms with Crippen LogP contribution in [0.1, 0.15) is 6.92 Å². The number of hydrogen-bond acceptors (Lipinski definition) is 4. The van der Waals surface area contributed by atoms with E-state index < -0.39 is 0 Å². The number of aliphatic hydroxyl groups excluding tert-OH is 2. The van der Waals surface area contributed by atoms with Crippen molar-refractivity contribution in [2.24, 2.45) is 5.92 Å². The minimum atomic E-state index is -0.183. The zero-order valence-electron chi connectivity index (χ0n) is 6.46. The maximum absolute atomic E-state index is 8.62. The van der Waals surface area contributed by atoms with Crippen LogP contribution in [0.5, 0.6) is 0 Å². The molecule has 0 rings (SSSR count). The van der Waals surface area contributed by atoms with E-state index >= 15 is 0 Å². The minimum absolute atomic E-state index is 0.0478. The molecule has 0 aliphatic carbocycles. The van der Waals surface area contributed by atoms with Crippen LogP contribution in [0, 0.1) is 5.92 Å². The van der Waals surface area contributed by atoms with Gasteiger partial charge in [-0.1, -0.05) is 22.6 Å². The first-order chi connectivity index (χ1) is 5.20. The summed E-state index contributed by atoms with van der Waals surface area (Å²) in [6, 6.07) is 0. The molecule has 4 nitrogen and oxygen atoms in total. The fourth-order valence-corrected chi connectivity index (χ4v) is 0.624. The lowest BCUT2D eigenvalue weighted by atomic mass is 10.2. The molecule has 0 fully saturated rings. The first kappa shape index (κ1) is 11.6. The molecule has 0 spiro atoms. The Bertz CT molecular complexity index is 87.9. The molecule has 0 aromatic carbocycles. The van der Waals surface area contributed by atoms with Gasteiger partial charge in [-0.15, -0.1) is 0 Å². The summed E-state index contributed by atoms with van der Waals surface area (Å²) in [4.78, 5) is 4.96. The Labute approximate surface area is 80.0 Å². The van der Waals surface area contributed by atoms with Crippen LogP contribution in [0.4, 0.5) is 0 Å². The van der Waals surface area contributed by atoms with Gasteiger partial charge in [-0.2, -0.15) is 5.48 Å². The number of hydroxylamine groups is 1. The molecule has 1 unspecified atom stereocenters. The van der Waals surface area contributed by atoms with E-state index in [0.29, 0.717) is 6.61 Å². The van der Waals surface area contributed by atoms with Gasteiger partial charge in [0.1, 0.15) is 0 Å². The number of rotatable bonds is 6. The lowest BCUT2D eigenvalue weighted by molar-refractivity contribution is -0.0109. The van der Waals surface area contributed by atoms with Crippen LogP contribution in [0.25, 0.3) is 0 Å². The van der Waals surface area contributed by atoms with Crippen LogP contribution in [0.2, 0.25) is 0 Å². The second-order valence-corrected chi connectivity index (χ2v) is 4.14. The Morgan fingerprint density at radius 3 is 2.36 bits per heavy atom. The van der Waals surface area contributed by atoms with Gasteiger partial charge in [0.05, 0.1) is 23.9 Å². The van der Waals surface area contributed by atoms with E-state index in [9.17, 15) is 0 Å². The van der Waals surface area contributed by atoms with E-state index in [2.05, 4.69) is 28.1 Å². The van der Waals surface area contributed by atoms with Gasteiger partial charge >= 0.3 is 0 Å². The molecule has 0 saturated carbocycles. The highest BCUT2D eigenvalue weighted by molar-refractivity contribution is 14.1. The van der Waals surface area contributed by atoms with Gasteiger partial charge < -0.3 is 15.1 Å². The second-order valence-electron chi connectivity index (χ2n) is 2.28. The average Bonchev–Trinajstić information content (AvgIpc) is 1.98. The van der Waals surface area contributed by atoms with Crippen molar-refractivity contribution in [1.82, 2.24) is 5.48 Å². The van der Waals surface area contributed by atoms with E-state index in [0.717, 1.165) is 0 Å². The fourth-order valence-electron chi connectivity index (χ4n) is 0.444. The maximum Gasteiger partial charge on any atom is 0.0807 e. The van der Waals surface area contributed by atoms with E-state index in [1.807, 2.05) is 6.92 Å². The quantitative estimate of drug-likeness (QED) is 0.274. The van der Waals surface area contributed by atoms with Crippen molar-refractivity contribution in [2.45, 2.75) is 11.0 Å². The highest BCUT2D eigenvalue weighted by Crippen LogP contribution is 1.96. The third kappa shape index (κ3) is 6.95. The zero-order valence-corrected chi connectivity index (χ0v) is 8.61. The first-order valence-corrected chi connectivity index (χ1v) is 4.68. The molecule has 68 valence electrons. The predicted molar refractivity (Wildman–Crippen MR) is 50.2 cm³/mol. The van der Waals surface area contributed by atoms with Crippen LogP contribution in [-0.4, -0.2) is 34.1 Å². The standard InChI is InChI=1S/C6H14INO3/c1-5(7)8-11-4-6(2-9)3-10/h5-6,8-10H,2-4H2,1H3. The van der Waals surface area contributed by atoms with Crippen LogP contribution in [0.15, 0.2) is 0 Å². The number of aliphatic hydroxyl groups is 2. The molecular formula is C6H14INO3. The van der Waals surface area contributed by atoms with Gasteiger partial charge in [-0.3, -0.25) is 0 Å². The SMILES string of the molecule is CC(I)NOCC(CO)CO. The third-order valence-corrected chi connectivity index (χ3v) is 1.34. The predicted octanol–water partition coefficient (Wildman–Crippen LogP) is -0.111. The minimum Gasteiger partial charge on any atom is -0.396 e. The molecule has 5 heteroatoms. The van der Waals surface area contributed by atoms with Crippen molar-refractivity contribution >= 4 is 22.6 Å². The monoisotopic (exact) mass is 275 g/mol. The van der Waals surface area contributed by atoms with Crippen molar-refractivity contribution in [3.05, 3.63) is 0 Å². The first-order valence-electron chi connectivity index (χ1n) is 3.43. The third-order valence-electron chi connectivity index (χ3n) is 1.08. The van der Waals surface area contributed by atoms with Crippen molar-refractivity contribution in [2.75, 3.05) is 19.8 Å². The van der Waals surface area contributed by atoms with Crippen LogP contribution in [0.3, 0.4) is 0 Å². The molecule has 0 radical (unpaired) electrons. The highest BCUT2D eigenvalue weighted by Gasteiger charge is 2.05. The Kier molecular flexibility index (Phi) is 7.61. The molecule has 3 N–H and O–H groups in total. The Hall–Kier alpha value is 0.570. The van der Waals surface area contributed by atoms with Gasteiger partial charge in [-0.25, -0.2) is 0 Å². The van der Waals surface area contributed by atoms with Gasteiger partial charge in [0, 0.05) is 5.92 Å². The van der Waals surface area contributed by atoms with Gasteiger partial charge in [-0.05, 0) is 6.92 Å². The molecule has 0 saturated heterocycles. The summed E-state index contributed by atoms with van der Waals surface area (Å²) < 4.78 is 0.227. The number of halogens is 1. The zero-order chi connectivity index (χ0) is 8.69. The van der Waals surface area contributed by atoms with Crippen LogP contribution >= 0.6 is 22.6 Å². The van der Waals surface area contributed by atoms with E-state index in [1.165, 1.54) is 0 Å². The van der Waals surface area contributed by atoms with Gasteiger partial charge in [0.15, 0.2) is 0 Å². The smallest absolute Gasteiger partial charge is 0.0807 e. The summed E-state index contributed by atoms with van der Waals surface area (Å²) in [5, 5.41) is 17.2. The largest absolute Gasteiger partial charge is 0.396 e. The summed E-state index contributed by atoms with van der Waals surface area (Å²) >= 11 is 2.15. The summed E-state index contributed by atoms with van der Waals surface area (Å²) in [7, 11) is 0. The number of alkyl halides is 1. The second kappa shape index (κ2) is 7.23. The lowest BCUT2D eigenvalue weighted by Crippen LogP contribution is -2.27. The molecule has 0 heterocycles. The molecule has 0 aliphatic heterocycles. The van der Waals surface area contributed by atoms with Crippen molar-refractivity contribution in [3.63, 3.8) is 0 Å². The Morgan fingerprint density at radius 1 is 1.45 bits per heavy atom. The molecule has 0 amide bonds. The number of nitrogens with one attached hydrogen (secondary N) is 1. The Balaban J connectivity index is 3.21. The summed E-state index contributed by atoms with van der Waals surface area (Å²) in [6.45, 7) is 2.18. The van der Waals surface area contributed by atoms with Gasteiger partial charge in [0.2, 0.25) is 0 Å². The molecule has 1 atom stereocenters. The number of hydrogen-bond donors (Lipinski definition) is 3. The van der Waals surface area contributed by atoms with Gasteiger partial charge in [0.25, 0.3) is 0 Å². The topological polar surface area (TPSA) is 61.7 Å². The van der Waals surface area contributed by atoms with Crippen molar-refractivity contribution in [1.29, 1.82) is 0 Å². The fraction of sp³-hybridized carbons (Fsp3) is 1.00. The molecule has 0 aromatic rings. The van der Waals surface area contributed by atoms with E-state index in [1.54, 1.807) is 0 Å². The highest BCUT2D eigenvalue weighted by atomic mass is 127. The van der Waals surface area contributed by atoms with Crippen LogP contribution < -0.4 is 5.48 Å². The summed E-state index contributed by atoms with van der Waals surface area (Å²) in [5.41, 5.74) is 2.71. The van der Waals surface area contributed by atoms with Crippen molar-refractivity contribution in [3.8, 4) is 0 Å². The van der Waals surface area contributed by atoms with Crippen LogP contribution in [-0.2, 0) is 4.84 Å². The molecule has 0 aliphatic rings. The molecule has 11 heavy (non-hydrogen) atoms. The molecule has 0 bridgehead atoms. The normalized spacial score (nSPS) is 13.9. The maximum atomic E-state index is 8.62. The molecule has 0 aromatic heterocycles. The van der Waals surface area contributed by atoms with E-state index in [4.69, 9.17) is 15.1 Å².